The van der Waals surface area contributed by atoms with E-state index >= 15 is 0 Å². The molecule has 0 unspecified atom stereocenters. The Morgan fingerprint density at radius 3 is 2.42 bits per heavy atom. The molecule has 0 radical (unpaired) electrons. The maximum atomic E-state index is 11.9. The standard InChI is InChI=1S/C25H30N2OS.C2H4/c1-27(17-8-18-29-2)25-12-7-6-11-23(25)24(19-28)26-22-15-13-21(14-16-22)20-9-4-3-5-10-20;1-2/h6-8,11-16,18-20H,3-5,9-10,17H2,1-2H3;1-2H2/b18-8-,26-24?;. The molecule has 0 heterocycles. The predicted octanol–water partition coefficient (Wildman–Crippen LogP) is 7.17. The third kappa shape index (κ3) is 7.25. The Balaban J connectivity index is 0.00000166. The summed E-state index contributed by atoms with van der Waals surface area (Å²) < 4.78 is 0. The van der Waals surface area contributed by atoms with Gasteiger partial charge < -0.3 is 4.90 Å². The SMILES string of the molecule is C=C.CS/C=C\CN(C)c1ccccc1C(C=O)=Nc1ccc(C2CCCCC2)cc1. The third-order valence-corrected chi connectivity index (χ3v) is 6.00. The molecule has 0 N–H and O–H groups in total. The Kier molecular flexibility index (Phi) is 10.9. The highest BCUT2D eigenvalue weighted by atomic mass is 32.2. The molecule has 1 aliphatic carbocycles. The summed E-state index contributed by atoms with van der Waals surface area (Å²) in [6.07, 6.45) is 11.6. The van der Waals surface area contributed by atoms with Gasteiger partial charge in [0.15, 0.2) is 6.29 Å². The second-order valence-electron chi connectivity index (χ2n) is 7.55. The lowest BCUT2D eigenvalue weighted by Gasteiger charge is -2.22. The molecule has 3 nitrogen and oxygen atoms in total. The number of carbonyl (C=O) groups is 1. The highest BCUT2D eigenvalue weighted by Crippen LogP contribution is 2.33. The summed E-state index contributed by atoms with van der Waals surface area (Å²) in [4.78, 5) is 18.7. The van der Waals surface area contributed by atoms with Crippen LogP contribution >= 0.6 is 11.8 Å². The van der Waals surface area contributed by atoms with Crippen LogP contribution in [0.15, 0.2) is 78.2 Å². The van der Waals surface area contributed by atoms with Gasteiger partial charge in [0.05, 0.1) is 5.69 Å². The number of para-hydroxylation sites is 1. The van der Waals surface area contributed by atoms with E-state index < -0.39 is 0 Å². The average molecular weight is 435 g/mol. The van der Waals surface area contributed by atoms with Gasteiger partial charge in [0, 0.05) is 24.8 Å². The minimum atomic E-state index is 0.465. The maximum Gasteiger partial charge on any atom is 0.169 e. The van der Waals surface area contributed by atoms with Gasteiger partial charge in [0.25, 0.3) is 0 Å². The molecule has 3 rings (SSSR count). The molecule has 1 saturated carbocycles. The summed E-state index contributed by atoms with van der Waals surface area (Å²) in [6, 6.07) is 16.4. The molecule has 2 aromatic rings. The van der Waals surface area contributed by atoms with Gasteiger partial charge in [-0.3, -0.25) is 4.79 Å². The molecule has 1 fully saturated rings. The Morgan fingerprint density at radius 1 is 1.10 bits per heavy atom. The lowest BCUT2D eigenvalue weighted by atomic mass is 9.84. The molecule has 0 saturated heterocycles. The first-order valence-corrected chi connectivity index (χ1v) is 12.1. The van der Waals surface area contributed by atoms with Crippen molar-refractivity contribution in [1.29, 1.82) is 0 Å². The summed E-state index contributed by atoms with van der Waals surface area (Å²) >= 11 is 1.68. The molecule has 0 aromatic heterocycles. The van der Waals surface area contributed by atoms with Crippen LogP contribution in [0, 0.1) is 0 Å². The number of carbonyl (C=O) groups excluding carboxylic acids is 1. The number of hydrogen-bond acceptors (Lipinski definition) is 4. The lowest BCUT2D eigenvalue weighted by molar-refractivity contribution is -0.102. The fourth-order valence-corrected chi connectivity index (χ4v) is 4.24. The number of likely N-dealkylation sites (N-methyl/N-ethyl adjacent to an activating group) is 1. The van der Waals surface area contributed by atoms with Crippen LogP contribution in [0.25, 0.3) is 0 Å². The van der Waals surface area contributed by atoms with Gasteiger partial charge in [-0.05, 0) is 54.2 Å². The van der Waals surface area contributed by atoms with Crippen LogP contribution in [0.3, 0.4) is 0 Å². The molecule has 1 aliphatic rings. The fraction of sp³-hybridized carbons (Fsp3) is 0.333. The van der Waals surface area contributed by atoms with Crippen molar-refractivity contribution < 1.29 is 4.79 Å². The number of benzene rings is 2. The van der Waals surface area contributed by atoms with Crippen LogP contribution in [0.1, 0.15) is 49.1 Å². The zero-order valence-corrected chi connectivity index (χ0v) is 19.6. The number of aldehydes is 1. The molecule has 0 amide bonds. The molecular formula is C27H34N2OS. The molecule has 0 spiro atoms. The number of aliphatic imine (C=N–C) groups is 1. The largest absolute Gasteiger partial charge is 0.370 e. The minimum Gasteiger partial charge on any atom is -0.370 e. The van der Waals surface area contributed by atoms with Crippen molar-refractivity contribution in [1.82, 2.24) is 0 Å². The summed E-state index contributed by atoms with van der Waals surface area (Å²) in [5.74, 6) is 0.677. The molecule has 0 atom stereocenters. The van der Waals surface area contributed by atoms with E-state index in [-0.39, 0.29) is 0 Å². The fourth-order valence-electron chi connectivity index (χ4n) is 3.96. The number of rotatable bonds is 8. The first-order valence-electron chi connectivity index (χ1n) is 10.8. The minimum absolute atomic E-state index is 0.465. The molecule has 0 aliphatic heterocycles. The van der Waals surface area contributed by atoms with E-state index in [4.69, 9.17) is 0 Å². The van der Waals surface area contributed by atoms with E-state index in [0.717, 1.165) is 29.8 Å². The smallest absolute Gasteiger partial charge is 0.169 e. The van der Waals surface area contributed by atoms with Crippen LogP contribution in [0.5, 0.6) is 0 Å². The third-order valence-electron chi connectivity index (χ3n) is 5.53. The van der Waals surface area contributed by atoms with Crippen LogP contribution in [0.4, 0.5) is 11.4 Å². The van der Waals surface area contributed by atoms with Crippen molar-refractivity contribution in [3.63, 3.8) is 0 Å². The van der Waals surface area contributed by atoms with Crippen molar-refractivity contribution in [2.45, 2.75) is 38.0 Å². The molecule has 4 heteroatoms. The summed E-state index contributed by atoms with van der Waals surface area (Å²) in [7, 11) is 2.03. The first-order chi connectivity index (χ1) is 15.2. The van der Waals surface area contributed by atoms with E-state index in [9.17, 15) is 4.79 Å². The Labute approximate surface area is 192 Å². The quantitative estimate of drug-likeness (QED) is 0.251. The van der Waals surface area contributed by atoms with Gasteiger partial charge in [-0.1, -0.05) is 55.7 Å². The van der Waals surface area contributed by atoms with Gasteiger partial charge in [-0.25, -0.2) is 4.99 Å². The number of thioether (sulfide) groups is 1. The number of anilines is 1. The van der Waals surface area contributed by atoms with Gasteiger partial charge in [0.1, 0.15) is 5.71 Å². The van der Waals surface area contributed by atoms with E-state index in [1.54, 1.807) is 11.8 Å². The van der Waals surface area contributed by atoms with Crippen LogP contribution in [-0.4, -0.2) is 31.8 Å². The Morgan fingerprint density at radius 2 is 1.77 bits per heavy atom. The zero-order valence-electron chi connectivity index (χ0n) is 18.8. The number of hydrogen-bond donors (Lipinski definition) is 0. The van der Waals surface area contributed by atoms with Crippen molar-refractivity contribution in [3.05, 3.63) is 84.3 Å². The molecular weight excluding hydrogens is 400 g/mol. The highest BCUT2D eigenvalue weighted by Gasteiger charge is 2.15. The molecule has 31 heavy (non-hydrogen) atoms. The van der Waals surface area contributed by atoms with E-state index in [0.29, 0.717) is 11.6 Å². The second kappa shape index (κ2) is 13.7. The monoisotopic (exact) mass is 434 g/mol. The van der Waals surface area contributed by atoms with Gasteiger partial charge in [-0.15, -0.1) is 24.9 Å². The molecule has 164 valence electrons. The maximum absolute atomic E-state index is 11.9. The van der Waals surface area contributed by atoms with Crippen LogP contribution in [-0.2, 0) is 4.79 Å². The lowest BCUT2D eigenvalue weighted by Crippen LogP contribution is -2.20. The van der Waals surface area contributed by atoms with Gasteiger partial charge in [0.2, 0.25) is 0 Å². The van der Waals surface area contributed by atoms with Crippen molar-refractivity contribution in [2.24, 2.45) is 4.99 Å². The van der Waals surface area contributed by atoms with E-state index in [1.807, 2.05) is 49.7 Å². The van der Waals surface area contributed by atoms with Gasteiger partial charge in [-0.2, -0.15) is 0 Å². The average Bonchev–Trinajstić information content (AvgIpc) is 2.85. The normalized spacial score (nSPS) is 14.7. The zero-order chi connectivity index (χ0) is 22.5. The van der Waals surface area contributed by atoms with Crippen molar-refractivity contribution >= 4 is 35.1 Å². The predicted molar refractivity (Wildman–Crippen MR) is 138 cm³/mol. The summed E-state index contributed by atoms with van der Waals surface area (Å²) in [5, 5.41) is 2.07. The number of nitrogens with zero attached hydrogens (tertiary/aromatic N) is 2. The molecule has 0 bridgehead atoms. The Hall–Kier alpha value is -2.59. The topological polar surface area (TPSA) is 32.7 Å². The van der Waals surface area contributed by atoms with E-state index in [2.05, 4.69) is 46.7 Å². The summed E-state index contributed by atoms with van der Waals surface area (Å²) in [6.45, 7) is 6.78. The summed E-state index contributed by atoms with van der Waals surface area (Å²) in [5.41, 5.74) is 4.55. The second-order valence-corrected chi connectivity index (χ2v) is 8.29. The highest BCUT2D eigenvalue weighted by molar-refractivity contribution is 8.01. The Bertz CT molecular complexity index is 867. The van der Waals surface area contributed by atoms with Crippen molar-refractivity contribution in [2.75, 3.05) is 24.7 Å². The van der Waals surface area contributed by atoms with E-state index in [1.165, 1.54) is 37.7 Å². The van der Waals surface area contributed by atoms with Crippen LogP contribution < -0.4 is 4.90 Å². The first kappa shape index (κ1) is 24.7. The van der Waals surface area contributed by atoms with Crippen LogP contribution in [0.2, 0.25) is 0 Å². The molecule has 2 aromatic carbocycles. The van der Waals surface area contributed by atoms with Crippen molar-refractivity contribution in [3.8, 4) is 0 Å². The van der Waals surface area contributed by atoms with Gasteiger partial charge >= 0.3 is 0 Å².